The zero-order valence-electron chi connectivity index (χ0n) is 10.1. The van der Waals surface area contributed by atoms with E-state index in [0.717, 1.165) is 6.54 Å². The fourth-order valence-electron chi connectivity index (χ4n) is 2.73. The van der Waals surface area contributed by atoms with Gasteiger partial charge in [0.2, 0.25) is 0 Å². The van der Waals surface area contributed by atoms with E-state index in [0.29, 0.717) is 5.41 Å². The van der Waals surface area contributed by atoms with Crippen molar-refractivity contribution in [1.82, 2.24) is 10.2 Å². The van der Waals surface area contributed by atoms with Crippen LogP contribution < -0.4 is 5.32 Å². The van der Waals surface area contributed by atoms with Gasteiger partial charge < -0.3 is 10.2 Å². The van der Waals surface area contributed by atoms with E-state index >= 15 is 0 Å². The minimum absolute atomic E-state index is 0.480. The lowest BCUT2D eigenvalue weighted by Gasteiger charge is -2.33. The molecule has 14 heavy (non-hydrogen) atoms. The van der Waals surface area contributed by atoms with E-state index < -0.39 is 0 Å². The van der Waals surface area contributed by atoms with Crippen molar-refractivity contribution in [3.05, 3.63) is 0 Å². The van der Waals surface area contributed by atoms with E-state index in [1.807, 2.05) is 0 Å². The normalized spacial score (nSPS) is 22.5. The van der Waals surface area contributed by atoms with E-state index in [1.54, 1.807) is 0 Å². The van der Waals surface area contributed by atoms with Crippen LogP contribution >= 0.6 is 0 Å². The maximum absolute atomic E-state index is 3.34. The molecule has 0 aliphatic carbocycles. The molecule has 1 unspecified atom stereocenters. The molecule has 0 spiro atoms. The molecule has 1 aliphatic rings. The first-order valence-electron chi connectivity index (χ1n) is 6.07. The summed E-state index contributed by atoms with van der Waals surface area (Å²) >= 11 is 0. The summed E-state index contributed by atoms with van der Waals surface area (Å²) in [7, 11) is 2.07. The zero-order chi connectivity index (χ0) is 10.4. The first-order chi connectivity index (χ1) is 6.70. The standard InChI is InChI=1S/C12H26N2/c1-4-7-12(2,10-13-3)11-14-8-5-6-9-14/h13H,4-11H2,1-3H3. The van der Waals surface area contributed by atoms with Crippen LogP contribution in [0.3, 0.4) is 0 Å². The van der Waals surface area contributed by atoms with E-state index in [-0.39, 0.29) is 0 Å². The molecule has 1 N–H and O–H groups in total. The molecular weight excluding hydrogens is 172 g/mol. The van der Waals surface area contributed by atoms with Crippen LogP contribution in [0.4, 0.5) is 0 Å². The lowest BCUT2D eigenvalue weighted by Crippen LogP contribution is -2.40. The smallest absolute Gasteiger partial charge is 0.00475 e. The summed E-state index contributed by atoms with van der Waals surface area (Å²) in [6.45, 7) is 9.79. The van der Waals surface area contributed by atoms with Crippen LogP contribution in [0.15, 0.2) is 0 Å². The monoisotopic (exact) mass is 198 g/mol. The first kappa shape index (κ1) is 12.0. The Balaban J connectivity index is 2.39. The van der Waals surface area contributed by atoms with Crippen molar-refractivity contribution >= 4 is 0 Å². The van der Waals surface area contributed by atoms with Gasteiger partial charge in [-0.1, -0.05) is 20.3 Å². The molecule has 0 saturated carbocycles. The molecule has 2 heteroatoms. The summed E-state index contributed by atoms with van der Waals surface area (Å²) in [6, 6.07) is 0. The van der Waals surface area contributed by atoms with E-state index in [9.17, 15) is 0 Å². The maximum atomic E-state index is 3.34. The topological polar surface area (TPSA) is 15.3 Å². The van der Waals surface area contributed by atoms with Gasteiger partial charge in [0.05, 0.1) is 0 Å². The zero-order valence-corrected chi connectivity index (χ0v) is 10.1. The van der Waals surface area contributed by atoms with Gasteiger partial charge in [0.25, 0.3) is 0 Å². The quantitative estimate of drug-likeness (QED) is 0.703. The highest BCUT2D eigenvalue weighted by Gasteiger charge is 2.26. The molecule has 1 atom stereocenters. The summed E-state index contributed by atoms with van der Waals surface area (Å²) in [5, 5.41) is 3.34. The maximum Gasteiger partial charge on any atom is 0.00475 e. The highest BCUT2D eigenvalue weighted by Crippen LogP contribution is 2.25. The highest BCUT2D eigenvalue weighted by molar-refractivity contribution is 4.81. The van der Waals surface area contributed by atoms with Crippen LogP contribution in [-0.2, 0) is 0 Å². The summed E-state index contributed by atoms with van der Waals surface area (Å²) < 4.78 is 0. The molecule has 0 amide bonds. The van der Waals surface area contributed by atoms with Crippen molar-refractivity contribution < 1.29 is 0 Å². The van der Waals surface area contributed by atoms with Crippen molar-refractivity contribution in [3.8, 4) is 0 Å². The van der Waals surface area contributed by atoms with Gasteiger partial charge in [0.1, 0.15) is 0 Å². The van der Waals surface area contributed by atoms with Crippen LogP contribution in [-0.4, -0.2) is 38.1 Å². The minimum Gasteiger partial charge on any atom is -0.319 e. The van der Waals surface area contributed by atoms with Crippen molar-refractivity contribution in [2.45, 2.75) is 39.5 Å². The Hall–Kier alpha value is -0.0800. The lowest BCUT2D eigenvalue weighted by molar-refractivity contribution is 0.175. The van der Waals surface area contributed by atoms with Crippen molar-refractivity contribution in [1.29, 1.82) is 0 Å². The largest absolute Gasteiger partial charge is 0.319 e. The summed E-state index contributed by atoms with van der Waals surface area (Å²) in [5.74, 6) is 0. The van der Waals surface area contributed by atoms with Crippen LogP contribution in [0.5, 0.6) is 0 Å². The second-order valence-corrected chi connectivity index (χ2v) is 5.07. The summed E-state index contributed by atoms with van der Waals surface area (Å²) in [6.07, 6.45) is 5.44. The molecule has 0 aromatic heterocycles. The van der Waals surface area contributed by atoms with Crippen molar-refractivity contribution in [3.63, 3.8) is 0 Å². The van der Waals surface area contributed by atoms with Gasteiger partial charge in [-0.3, -0.25) is 0 Å². The molecule has 1 saturated heterocycles. The first-order valence-corrected chi connectivity index (χ1v) is 6.07. The van der Waals surface area contributed by atoms with Crippen LogP contribution in [0.1, 0.15) is 39.5 Å². The fourth-order valence-corrected chi connectivity index (χ4v) is 2.73. The van der Waals surface area contributed by atoms with E-state index in [4.69, 9.17) is 0 Å². The molecule has 0 radical (unpaired) electrons. The minimum atomic E-state index is 0.480. The Morgan fingerprint density at radius 1 is 1.29 bits per heavy atom. The molecule has 0 aromatic carbocycles. The number of likely N-dealkylation sites (tertiary alicyclic amines) is 1. The van der Waals surface area contributed by atoms with Crippen LogP contribution in [0.25, 0.3) is 0 Å². The third-order valence-electron chi connectivity index (χ3n) is 3.26. The number of hydrogen-bond acceptors (Lipinski definition) is 2. The fraction of sp³-hybridized carbons (Fsp3) is 1.00. The number of hydrogen-bond donors (Lipinski definition) is 1. The summed E-state index contributed by atoms with van der Waals surface area (Å²) in [4.78, 5) is 2.63. The number of nitrogens with one attached hydrogen (secondary N) is 1. The Morgan fingerprint density at radius 2 is 1.93 bits per heavy atom. The molecule has 0 bridgehead atoms. The third-order valence-corrected chi connectivity index (χ3v) is 3.26. The van der Waals surface area contributed by atoms with Gasteiger partial charge in [-0.15, -0.1) is 0 Å². The average molecular weight is 198 g/mol. The average Bonchev–Trinajstić information content (AvgIpc) is 2.57. The third kappa shape index (κ3) is 3.58. The molecule has 0 aromatic rings. The second kappa shape index (κ2) is 5.72. The Labute approximate surface area is 89.1 Å². The SMILES string of the molecule is CCCC(C)(CNC)CN1CCCC1. The number of rotatable bonds is 6. The van der Waals surface area contributed by atoms with E-state index in [1.165, 1.54) is 45.3 Å². The Morgan fingerprint density at radius 3 is 2.43 bits per heavy atom. The van der Waals surface area contributed by atoms with Crippen molar-refractivity contribution in [2.75, 3.05) is 33.2 Å². The predicted octanol–water partition coefficient (Wildman–Crippen LogP) is 2.11. The molecule has 1 heterocycles. The van der Waals surface area contributed by atoms with Gasteiger partial charge in [-0.25, -0.2) is 0 Å². The van der Waals surface area contributed by atoms with Crippen molar-refractivity contribution in [2.24, 2.45) is 5.41 Å². The van der Waals surface area contributed by atoms with Gasteiger partial charge in [-0.2, -0.15) is 0 Å². The van der Waals surface area contributed by atoms with Crippen LogP contribution in [0.2, 0.25) is 0 Å². The lowest BCUT2D eigenvalue weighted by atomic mass is 9.85. The van der Waals surface area contributed by atoms with Gasteiger partial charge in [0.15, 0.2) is 0 Å². The Kier molecular flexibility index (Phi) is 4.90. The highest BCUT2D eigenvalue weighted by atomic mass is 15.1. The Bertz CT molecular complexity index is 144. The van der Waals surface area contributed by atoms with E-state index in [2.05, 4.69) is 31.1 Å². The molecule has 1 aliphatic heterocycles. The molecule has 1 fully saturated rings. The second-order valence-electron chi connectivity index (χ2n) is 5.07. The van der Waals surface area contributed by atoms with Gasteiger partial charge in [-0.05, 0) is 44.8 Å². The van der Waals surface area contributed by atoms with Crippen LogP contribution in [0, 0.1) is 5.41 Å². The molecular formula is C12H26N2. The van der Waals surface area contributed by atoms with Gasteiger partial charge in [0, 0.05) is 13.1 Å². The molecule has 84 valence electrons. The van der Waals surface area contributed by atoms with Gasteiger partial charge >= 0.3 is 0 Å². The molecule has 1 rings (SSSR count). The number of nitrogens with zero attached hydrogens (tertiary/aromatic N) is 1. The predicted molar refractivity (Wildman–Crippen MR) is 62.6 cm³/mol. The molecule has 2 nitrogen and oxygen atoms in total. The summed E-state index contributed by atoms with van der Waals surface area (Å²) in [5.41, 5.74) is 0.480.